The Hall–Kier alpha value is -3.75. The van der Waals surface area contributed by atoms with Crippen LogP contribution in [0.25, 0.3) is 0 Å². The lowest BCUT2D eigenvalue weighted by molar-refractivity contribution is -0.117. The zero-order valence-electron chi connectivity index (χ0n) is 21.2. The SMILES string of the molecule is CCOC(=O)N1c2cc(OC)c(OC)cc2C(CNC(=O)c2cccc(N3CCCC3=O)c2)CC1C. The summed E-state index contributed by atoms with van der Waals surface area (Å²) in [6.07, 6.45) is 1.57. The number of hydrogen-bond acceptors (Lipinski definition) is 6. The fourth-order valence-corrected chi connectivity index (χ4v) is 5.02. The van der Waals surface area contributed by atoms with E-state index in [1.165, 1.54) is 0 Å². The number of benzene rings is 2. The average molecular weight is 496 g/mol. The van der Waals surface area contributed by atoms with E-state index in [9.17, 15) is 14.4 Å². The summed E-state index contributed by atoms with van der Waals surface area (Å²) in [6, 6.07) is 10.6. The van der Waals surface area contributed by atoms with Crippen LogP contribution in [0.3, 0.4) is 0 Å². The average Bonchev–Trinajstić information content (AvgIpc) is 3.32. The molecule has 0 spiro atoms. The summed E-state index contributed by atoms with van der Waals surface area (Å²) in [4.78, 5) is 41.3. The van der Waals surface area contributed by atoms with Gasteiger partial charge in [-0.15, -0.1) is 0 Å². The van der Waals surface area contributed by atoms with E-state index >= 15 is 0 Å². The number of rotatable bonds is 7. The van der Waals surface area contributed by atoms with Gasteiger partial charge in [0.15, 0.2) is 11.5 Å². The molecule has 0 bridgehead atoms. The number of hydrogen-bond donors (Lipinski definition) is 1. The predicted molar refractivity (Wildman–Crippen MR) is 136 cm³/mol. The number of carbonyl (C=O) groups is 3. The Bertz CT molecular complexity index is 1150. The van der Waals surface area contributed by atoms with E-state index in [0.29, 0.717) is 48.7 Å². The first-order valence-corrected chi connectivity index (χ1v) is 12.3. The van der Waals surface area contributed by atoms with Crippen molar-refractivity contribution in [1.82, 2.24) is 5.32 Å². The van der Waals surface area contributed by atoms with Crippen molar-refractivity contribution in [2.24, 2.45) is 0 Å². The first-order valence-electron chi connectivity index (χ1n) is 12.3. The number of anilines is 2. The second kappa shape index (κ2) is 10.9. The standard InChI is InChI=1S/C27H33N3O6/c1-5-36-27(33)30-17(2)12-19(21-14-23(34-3)24(35-4)15-22(21)30)16-28-26(32)18-8-6-9-20(13-18)29-11-7-10-25(29)31/h6,8-9,13-15,17,19H,5,7,10-12,16H2,1-4H3,(H,28,32). The molecule has 36 heavy (non-hydrogen) atoms. The fourth-order valence-electron chi connectivity index (χ4n) is 5.02. The van der Waals surface area contributed by atoms with Gasteiger partial charge in [0.25, 0.3) is 5.91 Å². The number of nitrogens with one attached hydrogen (secondary N) is 1. The van der Waals surface area contributed by atoms with Gasteiger partial charge in [-0.2, -0.15) is 0 Å². The van der Waals surface area contributed by atoms with Gasteiger partial charge in [-0.25, -0.2) is 4.79 Å². The molecule has 2 aromatic rings. The van der Waals surface area contributed by atoms with Crippen molar-refractivity contribution in [1.29, 1.82) is 0 Å². The Labute approximate surface area is 211 Å². The Morgan fingerprint density at radius 3 is 2.53 bits per heavy atom. The molecular formula is C27H33N3O6. The van der Waals surface area contributed by atoms with E-state index in [1.54, 1.807) is 55.2 Å². The Balaban J connectivity index is 1.57. The third-order valence-electron chi connectivity index (χ3n) is 6.77. The van der Waals surface area contributed by atoms with Crippen LogP contribution in [0.1, 0.15) is 54.9 Å². The maximum atomic E-state index is 13.1. The van der Waals surface area contributed by atoms with Crippen LogP contribution >= 0.6 is 0 Å². The smallest absolute Gasteiger partial charge is 0.414 e. The Morgan fingerprint density at radius 1 is 1.11 bits per heavy atom. The molecule has 2 aliphatic heterocycles. The fraction of sp³-hybridized carbons (Fsp3) is 0.444. The zero-order chi connectivity index (χ0) is 25.8. The summed E-state index contributed by atoms with van der Waals surface area (Å²) >= 11 is 0. The maximum Gasteiger partial charge on any atom is 0.414 e. The number of ether oxygens (including phenoxy) is 3. The summed E-state index contributed by atoms with van der Waals surface area (Å²) in [5, 5.41) is 3.05. The molecule has 1 saturated heterocycles. The first kappa shape index (κ1) is 25.3. The summed E-state index contributed by atoms with van der Waals surface area (Å²) in [5.41, 5.74) is 2.79. The lowest BCUT2D eigenvalue weighted by Gasteiger charge is -2.39. The molecule has 0 radical (unpaired) electrons. The molecule has 9 nitrogen and oxygen atoms in total. The topological polar surface area (TPSA) is 97.4 Å². The molecule has 0 aromatic heterocycles. The largest absolute Gasteiger partial charge is 0.493 e. The van der Waals surface area contributed by atoms with Gasteiger partial charge < -0.3 is 24.4 Å². The lowest BCUT2D eigenvalue weighted by atomic mass is 9.85. The third-order valence-corrected chi connectivity index (χ3v) is 6.77. The highest BCUT2D eigenvalue weighted by Crippen LogP contribution is 2.44. The van der Waals surface area contributed by atoms with Crippen molar-refractivity contribution >= 4 is 29.3 Å². The second-order valence-corrected chi connectivity index (χ2v) is 9.03. The third kappa shape index (κ3) is 4.96. The van der Waals surface area contributed by atoms with E-state index in [1.807, 2.05) is 19.1 Å². The highest BCUT2D eigenvalue weighted by atomic mass is 16.6. The number of amides is 3. The van der Waals surface area contributed by atoms with Crippen molar-refractivity contribution < 1.29 is 28.6 Å². The summed E-state index contributed by atoms with van der Waals surface area (Å²) < 4.78 is 16.3. The molecule has 4 rings (SSSR count). The number of carbonyl (C=O) groups excluding carboxylic acids is 3. The molecule has 2 aliphatic rings. The van der Waals surface area contributed by atoms with Crippen LogP contribution in [0.5, 0.6) is 11.5 Å². The van der Waals surface area contributed by atoms with Crippen molar-refractivity contribution in [3.05, 3.63) is 47.5 Å². The zero-order valence-corrected chi connectivity index (χ0v) is 21.2. The van der Waals surface area contributed by atoms with Crippen LogP contribution in [-0.4, -0.2) is 57.9 Å². The van der Waals surface area contributed by atoms with Crippen LogP contribution in [-0.2, 0) is 9.53 Å². The summed E-state index contributed by atoms with van der Waals surface area (Å²) in [7, 11) is 3.11. The molecule has 2 heterocycles. The van der Waals surface area contributed by atoms with Crippen LogP contribution < -0.4 is 24.6 Å². The quantitative estimate of drug-likeness (QED) is 0.621. The van der Waals surface area contributed by atoms with Gasteiger partial charge in [-0.3, -0.25) is 14.5 Å². The van der Waals surface area contributed by atoms with Gasteiger partial charge in [0.1, 0.15) is 0 Å². The number of methoxy groups -OCH3 is 2. The van der Waals surface area contributed by atoms with Crippen LogP contribution in [0.2, 0.25) is 0 Å². The highest BCUT2D eigenvalue weighted by Gasteiger charge is 2.36. The molecule has 2 atom stereocenters. The van der Waals surface area contributed by atoms with E-state index in [4.69, 9.17) is 14.2 Å². The second-order valence-electron chi connectivity index (χ2n) is 9.03. The van der Waals surface area contributed by atoms with Crippen LogP contribution in [0, 0.1) is 0 Å². The molecule has 0 aliphatic carbocycles. The molecule has 9 heteroatoms. The van der Waals surface area contributed by atoms with Gasteiger partial charge in [0.2, 0.25) is 5.91 Å². The van der Waals surface area contributed by atoms with E-state index in [-0.39, 0.29) is 30.4 Å². The van der Waals surface area contributed by atoms with Gasteiger partial charge in [-0.05, 0) is 56.5 Å². The Kier molecular flexibility index (Phi) is 7.67. The molecule has 1 fully saturated rings. The van der Waals surface area contributed by atoms with Gasteiger partial charge >= 0.3 is 6.09 Å². The van der Waals surface area contributed by atoms with Crippen molar-refractivity contribution in [3.63, 3.8) is 0 Å². The highest BCUT2D eigenvalue weighted by molar-refractivity contribution is 5.99. The monoisotopic (exact) mass is 495 g/mol. The first-order chi connectivity index (χ1) is 17.4. The van der Waals surface area contributed by atoms with Crippen LogP contribution in [0.4, 0.5) is 16.2 Å². The van der Waals surface area contributed by atoms with E-state index < -0.39 is 6.09 Å². The minimum Gasteiger partial charge on any atom is -0.493 e. The summed E-state index contributed by atoms with van der Waals surface area (Å²) in [6.45, 7) is 5.04. The normalized spacial score (nSPS) is 19.1. The molecule has 192 valence electrons. The van der Waals surface area contributed by atoms with Crippen LogP contribution in [0.15, 0.2) is 36.4 Å². The van der Waals surface area contributed by atoms with Gasteiger partial charge in [0, 0.05) is 48.8 Å². The molecule has 0 saturated carbocycles. The van der Waals surface area contributed by atoms with Crippen molar-refractivity contribution in [2.45, 2.75) is 45.1 Å². The lowest BCUT2D eigenvalue weighted by Crippen LogP contribution is -2.45. The van der Waals surface area contributed by atoms with Gasteiger partial charge in [0.05, 0.1) is 26.5 Å². The molecular weight excluding hydrogens is 462 g/mol. The molecule has 2 unspecified atom stereocenters. The van der Waals surface area contributed by atoms with Crippen molar-refractivity contribution in [2.75, 3.05) is 43.7 Å². The molecule has 3 amide bonds. The summed E-state index contributed by atoms with van der Waals surface area (Å²) in [5.74, 6) is 0.860. The van der Waals surface area contributed by atoms with Crippen molar-refractivity contribution in [3.8, 4) is 11.5 Å². The van der Waals surface area contributed by atoms with E-state index in [2.05, 4.69) is 5.32 Å². The predicted octanol–water partition coefficient (Wildman–Crippen LogP) is 4.10. The molecule has 1 N–H and O–H groups in total. The molecule has 2 aromatic carbocycles. The Morgan fingerprint density at radius 2 is 1.86 bits per heavy atom. The minimum atomic E-state index is -0.422. The van der Waals surface area contributed by atoms with E-state index in [0.717, 1.165) is 17.7 Å². The minimum absolute atomic E-state index is 0.0622. The number of fused-ring (bicyclic) bond motifs is 1. The number of nitrogens with zero attached hydrogens (tertiary/aromatic N) is 2. The maximum absolute atomic E-state index is 13.1. The van der Waals surface area contributed by atoms with Gasteiger partial charge in [-0.1, -0.05) is 6.07 Å².